The highest BCUT2D eigenvalue weighted by Gasteiger charge is 2.26. The van der Waals surface area contributed by atoms with Crippen LogP contribution in [0.4, 0.5) is 4.79 Å². The van der Waals surface area contributed by atoms with Crippen LogP contribution in [0.1, 0.15) is 40.0 Å². The molecule has 1 fully saturated rings. The molecule has 0 saturated heterocycles. The number of sulfonamides is 1. The summed E-state index contributed by atoms with van der Waals surface area (Å²) < 4.78 is 29.7. The van der Waals surface area contributed by atoms with Crippen molar-refractivity contribution in [2.45, 2.75) is 45.6 Å². The molecule has 0 radical (unpaired) electrons. The van der Waals surface area contributed by atoms with Gasteiger partial charge in [-0.3, -0.25) is 0 Å². The summed E-state index contributed by atoms with van der Waals surface area (Å²) in [6, 6.07) is 0. The Hall–Kier alpha value is -0.780. The molecule has 1 amide bonds. The molecule has 0 aliphatic heterocycles. The first-order chi connectivity index (χ1) is 7.18. The molecule has 0 atom stereocenters. The van der Waals surface area contributed by atoms with Gasteiger partial charge < -0.3 is 4.74 Å². The number of hydrogen-bond donors (Lipinski definition) is 1. The minimum absolute atomic E-state index is 0.00307. The summed E-state index contributed by atoms with van der Waals surface area (Å²) in [4.78, 5) is 11.2. The summed E-state index contributed by atoms with van der Waals surface area (Å²) in [7, 11) is -3.53. The van der Waals surface area contributed by atoms with Gasteiger partial charge in [-0.2, -0.15) is 0 Å². The van der Waals surface area contributed by atoms with Gasteiger partial charge in [-0.15, -0.1) is 0 Å². The van der Waals surface area contributed by atoms with Gasteiger partial charge in [-0.25, -0.2) is 17.9 Å². The van der Waals surface area contributed by atoms with Crippen molar-refractivity contribution in [2.75, 3.05) is 5.75 Å². The van der Waals surface area contributed by atoms with Crippen LogP contribution in [-0.2, 0) is 14.8 Å². The van der Waals surface area contributed by atoms with E-state index in [9.17, 15) is 13.2 Å². The van der Waals surface area contributed by atoms with E-state index in [1.165, 1.54) is 0 Å². The largest absolute Gasteiger partial charge is 0.443 e. The number of rotatable bonds is 4. The third-order valence-corrected chi connectivity index (χ3v) is 3.38. The molecule has 16 heavy (non-hydrogen) atoms. The van der Waals surface area contributed by atoms with Crippen molar-refractivity contribution in [1.82, 2.24) is 4.72 Å². The van der Waals surface area contributed by atoms with Crippen LogP contribution >= 0.6 is 0 Å². The second kappa shape index (κ2) is 4.61. The fraction of sp³-hybridized carbons (Fsp3) is 0.900. The van der Waals surface area contributed by atoms with Gasteiger partial charge in [0.2, 0.25) is 10.0 Å². The lowest BCUT2D eigenvalue weighted by molar-refractivity contribution is 0.0570. The fourth-order valence-corrected chi connectivity index (χ4v) is 2.25. The molecule has 5 nitrogen and oxygen atoms in total. The number of carbonyl (C=O) groups is 1. The Balaban J connectivity index is 2.35. The normalized spacial score (nSPS) is 16.9. The summed E-state index contributed by atoms with van der Waals surface area (Å²) in [6.07, 6.45) is 1.92. The monoisotopic (exact) mass is 249 g/mol. The second-order valence-electron chi connectivity index (χ2n) is 5.15. The van der Waals surface area contributed by atoms with Crippen molar-refractivity contribution in [1.29, 1.82) is 0 Å². The molecule has 0 heterocycles. The zero-order valence-electron chi connectivity index (χ0n) is 9.95. The highest BCUT2D eigenvalue weighted by Crippen LogP contribution is 2.32. The van der Waals surface area contributed by atoms with E-state index in [1.807, 2.05) is 4.72 Å². The van der Waals surface area contributed by atoms with Gasteiger partial charge >= 0.3 is 6.09 Å². The average molecular weight is 249 g/mol. The molecule has 1 rings (SSSR count). The Kier molecular flexibility index (Phi) is 3.83. The van der Waals surface area contributed by atoms with Gasteiger partial charge in [-0.1, -0.05) is 12.8 Å². The number of hydrogen-bond acceptors (Lipinski definition) is 4. The van der Waals surface area contributed by atoms with Crippen molar-refractivity contribution in [2.24, 2.45) is 5.92 Å². The van der Waals surface area contributed by atoms with Crippen LogP contribution in [0, 0.1) is 5.92 Å². The van der Waals surface area contributed by atoms with Crippen LogP contribution in [0.25, 0.3) is 0 Å². The Bertz CT molecular complexity index is 352. The minimum atomic E-state index is -3.53. The first kappa shape index (κ1) is 13.3. The van der Waals surface area contributed by atoms with E-state index in [0.717, 1.165) is 12.8 Å². The summed E-state index contributed by atoms with van der Waals surface area (Å²) in [5.74, 6) is 0.520. The van der Waals surface area contributed by atoms with Gasteiger partial charge in [0.05, 0.1) is 5.75 Å². The predicted octanol–water partition coefficient (Wildman–Crippen LogP) is 1.64. The van der Waals surface area contributed by atoms with Crippen LogP contribution < -0.4 is 4.72 Å². The van der Waals surface area contributed by atoms with Crippen molar-refractivity contribution < 1.29 is 17.9 Å². The molecule has 1 aliphatic carbocycles. The van der Waals surface area contributed by atoms with E-state index in [0.29, 0.717) is 12.3 Å². The molecule has 0 aromatic heterocycles. The molecule has 94 valence electrons. The van der Waals surface area contributed by atoms with Gasteiger partial charge in [0, 0.05) is 0 Å². The Morgan fingerprint density at radius 1 is 1.38 bits per heavy atom. The standard InChI is InChI=1S/C10H19NO4S/c1-10(2,3)15-9(12)11-16(13,14)7-6-8-4-5-8/h8H,4-7H2,1-3H3,(H,11,12). The van der Waals surface area contributed by atoms with Crippen LogP contribution in [-0.4, -0.2) is 25.9 Å². The maximum atomic E-state index is 11.4. The summed E-state index contributed by atoms with van der Waals surface area (Å²) >= 11 is 0. The SMILES string of the molecule is CC(C)(C)OC(=O)NS(=O)(=O)CCC1CC1. The third kappa shape index (κ3) is 5.95. The lowest BCUT2D eigenvalue weighted by Gasteiger charge is -2.19. The van der Waals surface area contributed by atoms with E-state index in [-0.39, 0.29) is 5.75 Å². The molecule has 0 unspecified atom stereocenters. The summed E-state index contributed by atoms with van der Waals surface area (Å²) in [6.45, 7) is 5.05. The zero-order chi connectivity index (χ0) is 12.4. The van der Waals surface area contributed by atoms with Crippen molar-refractivity contribution >= 4 is 16.1 Å². The predicted molar refractivity (Wildman–Crippen MR) is 60.5 cm³/mol. The van der Waals surface area contributed by atoms with E-state index in [1.54, 1.807) is 20.8 Å². The first-order valence-electron chi connectivity index (χ1n) is 5.41. The average Bonchev–Trinajstić information content (AvgIpc) is 2.77. The smallest absolute Gasteiger partial charge is 0.421 e. The lowest BCUT2D eigenvalue weighted by atomic mass is 10.2. The molecule has 0 spiro atoms. The third-order valence-electron chi connectivity index (χ3n) is 2.13. The van der Waals surface area contributed by atoms with Gasteiger partial charge in [0.25, 0.3) is 0 Å². The summed E-state index contributed by atoms with van der Waals surface area (Å²) in [5, 5.41) is 0. The van der Waals surface area contributed by atoms with E-state index >= 15 is 0 Å². The Morgan fingerprint density at radius 2 is 1.94 bits per heavy atom. The van der Waals surface area contributed by atoms with E-state index in [2.05, 4.69) is 0 Å². The van der Waals surface area contributed by atoms with Crippen LogP contribution in [0.3, 0.4) is 0 Å². The van der Waals surface area contributed by atoms with Crippen molar-refractivity contribution in [3.8, 4) is 0 Å². The molecule has 6 heteroatoms. The Morgan fingerprint density at radius 3 is 2.38 bits per heavy atom. The minimum Gasteiger partial charge on any atom is -0.443 e. The fourth-order valence-electron chi connectivity index (χ4n) is 1.21. The van der Waals surface area contributed by atoms with Crippen molar-refractivity contribution in [3.63, 3.8) is 0 Å². The van der Waals surface area contributed by atoms with E-state index in [4.69, 9.17) is 4.74 Å². The first-order valence-corrected chi connectivity index (χ1v) is 7.07. The Labute approximate surface area is 96.6 Å². The van der Waals surface area contributed by atoms with Crippen LogP contribution in [0.5, 0.6) is 0 Å². The maximum Gasteiger partial charge on any atom is 0.421 e. The molecule has 0 aromatic rings. The molecule has 1 N–H and O–H groups in total. The molecule has 0 bridgehead atoms. The topological polar surface area (TPSA) is 72.5 Å². The zero-order valence-corrected chi connectivity index (χ0v) is 10.8. The van der Waals surface area contributed by atoms with Crippen LogP contribution in [0.15, 0.2) is 0 Å². The molecule has 0 aromatic carbocycles. The summed E-state index contributed by atoms with van der Waals surface area (Å²) in [5.41, 5.74) is -0.684. The molecular weight excluding hydrogens is 230 g/mol. The van der Waals surface area contributed by atoms with Gasteiger partial charge in [0.1, 0.15) is 5.60 Å². The van der Waals surface area contributed by atoms with Crippen molar-refractivity contribution in [3.05, 3.63) is 0 Å². The molecule has 1 aliphatic rings. The number of amides is 1. The quantitative estimate of drug-likeness (QED) is 0.822. The van der Waals surface area contributed by atoms with E-state index < -0.39 is 21.7 Å². The number of nitrogens with one attached hydrogen (secondary N) is 1. The maximum absolute atomic E-state index is 11.4. The lowest BCUT2D eigenvalue weighted by Crippen LogP contribution is -2.37. The van der Waals surface area contributed by atoms with Gasteiger partial charge in [-0.05, 0) is 33.1 Å². The molecule has 1 saturated carbocycles. The van der Waals surface area contributed by atoms with Crippen LogP contribution in [0.2, 0.25) is 0 Å². The highest BCUT2D eigenvalue weighted by molar-refractivity contribution is 7.90. The van der Waals surface area contributed by atoms with Gasteiger partial charge in [0.15, 0.2) is 0 Å². The second-order valence-corrected chi connectivity index (χ2v) is 7.00. The molecular formula is C10H19NO4S. The highest BCUT2D eigenvalue weighted by atomic mass is 32.2. The number of ether oxygens (including phenoxy) is 1. The number of carbonyl (C=O) groups excluding carboxylic acids is 1.